The molecule has 7 nitrogen and oxygen atoms in total. The number of non-ortho nitro benzene ring substituents is 1. The molecule has 3 rings (SSSR count). The average molecular weight is 458 g/mol. The van der Waals surface area contributed by atoms with E-state index in [4.69, 9.17) is 34.8 Å². The number of nitro groups is 1. The van der Waals surface area contributed by atoms with Gasteiger partial charge in [-0.1, -0.05) is 40.9 Å². The molecule has 1 saturated heterocycles. The second-order valence-corrected chi connectivity index (χ2v) is 8.01. The molecule has 2 aromatic rings. The van der Waals surface area contributed by atoms with Gasteiger partial charge >= 0.3 is 0 Å². The van der Waals surface area contributed by atoms with Gasteiger partial charge in [-0.05, 0) is 23.8 Å². The second kappa shape index (κ2) is 9.73. The Bertz CT molecular complexity index is 918. The summed E-state index contributed by atoms with van der Waals surface area (Å²) in [6.45, 7) is 3.95. The van der Waals surface area contributed by atoms with Crippen molar-refractivity contribution in [3.05, 3.63) is 67.1 Å². The Labute approximate surface area is 183 Å². The zero-order valence-electron chi connectivity index (χ0n) is 15.4. The molecule has 1 N–H and O–H groups in total. The number of carbonyl (C=O) groups excluding carboxylic acids is 1. The van der Waals surface area contributed by atoms with Gasteiger partial charge in [0.05, 0.1) is 22.2 Å². The summed E-state index contributed by atoms with van der Waals surface area (Å²) in [5, 5.41) is 15.1. The van der Waals surface area contributed by atoms with Gasteiger partial charge in [-0.2, -0.15) is 0 Å². The fourth-order valence-corrected chi connectivity index (χ4v) is 3.74. The molecule has 0 aliphatic carbocycles. The maximum absolute atomic E-state index is 12.3. The van der Waals surface area contributed by atoms with Crippen molar-refractivity contribution in [2.75, 3.05) is 38.0 Å². The predicted octanol–water partition coefficient (Wildman–Crippen LogP) is 4.31. The largest absolute Gasteiger partial charge is 0.323 e. The van der Waals surface area contributed by atoms with Crippen LogP contribution in [-0.4, -0.2) is 53.4 Å². The first-order valence-electron chi connectivity index (χ1n) is 8.94. The van der Waals surface area contributed by atoms with Gasteiger partial charge < -0.3 is 5.32 Å². The smallest absolute Gasteiger partial charge is 0.271 e. The van der Waals surface area contributed by atoms with E-state index in [0.717, 1.165) is 38.3 Å². The molecule has 10 heteroatoms. The highest BCUT2D eigenvalue weighted by Gasteiger charge is 2.20. The molecular weight excluding hydrogens is 439 g/mol. The van der Waals surface area contributed by atoms with Crippen molar-refractivity contribution in [2.45, 2.75) is 6.54 Å². The topological polar surface area (TPSA) is 78.7 Å². The lowest BCUT2D eigenvalue weighted by molar-refractivity contribution is -0.384. The van der Waals surface area contributed by atoms with Crippen LogP contribution in [0.3, 0.4) is 0 Å². The zero-order valence-corrected chi connectivity index (χ0v) is 17.7. The molecule has 1 heterocycles. The summed E-state index contributed by atoms with van der Waals surface area (Å²) in [4.78, 5) is 27.0. The van der Waals surface area contributed by atoms with Crippen molar-refractivity contribution in [3.8, 4) is 0 Å². The lowest BCUT2D eigenvalue weighted by Gasteiger charge is -2.34. The molecule has 1 amide bonds. The van der Waals surface area contributed by atoms with Crippen LogP contribution < -0.4 is 5.32 Å². The highest BCUT2D eigenvalue weighted by atomic mass is 35.5. The van der Waals surface area contributed by atoms with Crippen LogP contribution in [0.2, 0.25) is 15.1 Å². The van der Waals surface area contributed by atoms with Crippen molar-refractivity contribution >= 4 is 52.1 Å². The number of hydrogen-bond acceptors (Lipinski definition) is 5. The first-order valence-corrected chi connectivity index (χ1v) is 10.1. The number of hydrogen-bond donors (Lipinski definition) is 1. The summed E-state index contributed by atoms with van der Waals surface area (Å²) in [5.74, 6) is -0.262. The lowest BCUT2D eigenvalue weighted by Crippen LogP contribution is -2.48. The summed E-state index contributed by atoms with van der Waals surface area (Å²) in [5.41, 5.74) is 1.13. The lowest BCUT2D eigenvalue weighted by atomic mass is 10.2. The third kappa shape index (κ3) is 6.04. The Hall–Kier alpha value is -1.90. The Kier molecular flexibility index (Phi) is 7.32. The maximum atomic E-state index is 12.3. The number of amides is 1. The Morgan fingerprint density at radius 2 is 1.69 bits per heavy atom. The number of carbonyl (C=O) groups is 1. The fourth-order valence-electron chi connectivity index (χ4n) is 3.11. The summed E-state index contributed by atoms with van der Waals surface area (Å²) >= 11 is 18.2. The van der Waals surface area contributed by atoms with Gasteiger partial charge in [0.25, 0.3) is 5.69 Å². The zero-order chi connectivity index (χ0) is 21.0. The van der Waals surface area contributed by atoms with Crippen molar-refractivity contribution in [1.82, 2.24) is 9.80 Å². The van der Waals surface area contributed by atoms with Gasteiger partial charge in [-0.15, -0.1) is 0 Å². The van der Waals surface area contributed by atoms with Gasteiger partial charge in [0.2, 0.25) is 5.91 Å². The van der Waals surface area contributed by atoms with E-state index in [-0.39, 0.29) is 28.8 Å². The molecular formula is C19H19Cl3N4O3. The molecule has 29 heavy (non-hydrogen) atoms. The quantitative estimate of drug-likeness (QED) is 0.516. The summed E-state index contributed by atoms with van der Waals surface area (Å²) < 4.78 is 0. The van der Waals surface area contributed by atoms with Crippen LogP contribution in [0.25, 0.3) is 0 Å². The number of nitro benzene ring substituents is 1. The van der Waals surface area contributed by atoms with E-state index >= 15 is 0 Å². The third-order valence-corrected chi connectivity index (χ3v) is 5.59. The Morgan fingerprint density at radius 3 is 2.34 bits per heavy atom. The van der Waals surface area contributed by atoms with Gasteiger partial charge in [-0.3, -0.25) is 24.7 Å². The van der Waals surface area contributed by atoms with Gasteiger partial charge in [0.1, 0.15) is 0 Å². The standard InChI is InChI=1S/C19H19Cl3N4O3/c20-14-2-1-13(17(22)9-14)11-24-5-7-25(8-6-24)12-19(27)23-18-10-15(26(28)29)3-4-16(18)21/h1-4,9-10H,5-8,11-12H2,(H,23,27). The third-order valence-electron chi connectivity index (χ3n) is 4.68. The Morgan fingerprint density at radius 1 is 1.00 bits per heavy atom. The predicted molar refractivity (Wildman–Crippen MR) is 115 cm³/mol. The number of halogens is 3. The van der Waals surface area contributed by atoms with Crippen molar-refractivity contribution in [3.63, 3.8) is 0 Å². The van der Waals surface area contributed by atoms with Crippen molar-refractivity contribution in [2.24, 2.45) is 0 Å². The molecule has 0 unspecified atom stereocenters. The number of benzene rings is 2. The van der Waals surface area contributed by atoms with E-state index in [2.05, 4.69) is 10.2 Å². The fraction of sp³-hybridized carbons (Fsp3) is 0.316. The van der Waals surface area contributed by atoms with E-state index < -0.39 is 4.92 Å². The van der Waals surface area contributed by atoms with Crippen molar-refractivity contribution < 1.29 is 9.72 Å². The van der Waals surface area contributed by atoms with Gasteiger partial charge in [-0.25, -0.2) is 0 Å². The van der Waals surface area contributed by atoms with Crippen LogP contribution in [0.15, 0.2) is 36.4 Å². The molecule has 1 aliphatic rings. The summed E-state index contributed by atoms with van der Waals surface area (Å²) in [6.07, 6.45) is 0. The van der Waals surface area contributed by atoms with Crippen LogP contribution in [0.1, 0.15) is 5.56 Å². The molecule has 154 valence electrons. The second-order valence-electron chi connectivity index (χ2n) is 6.76. The molecule has 0 spiro atoms. The van der Waals surface area contributed by atoms with E-state index in [9.17, 15) is 14.9 Å². The summed E-state index contributed by atoms with van der Waals surface area (Å²) in [7, 11) is 0. The van der Waals surface area contributed by atoms with Crippen LogP contribution in [0.5, 0.6) is 0 Å². The molecule has 2 aromatic carbocycles. The molecule has 0 radical (unpaired) electrons. The van der Waals surface area contributed by atoms with E-state index in [1.807, 2.05) is 17.0 Å². The molecule has 0 atom stereocenters. The van der Waals surface area contributed by atoms with Crippen LogP contribution in [0, 0.1) is 10.1 Å². The summed E-state index contributed by atoms with van der Waals surface area (Å²) in [6, 6.07) is 9.43. The van der Waals surface area contributed by atoms with Crippen LogP contribution in [-0.2, 0) is 11.3 Å². The minimum atomic E-state index is -0.530. The number of anilines is 1. The minimum absolute atomic E-state index is 0.126. The number of nitrogens with zero attached hydrogens (tertiary/aromatic N) is 3. The molecule has 0 saturated carbocycles. The average Bonchev–Trinajstić information content (AvgIpc) is 2.67. The number of rotatable bonds is 6. The highest BCUT2D eigenvalue weighted by molar-refractivity contribution is 6.35. The first kappa shape index (κ1) is 21.8. The number of piperazine rings is 1. The number of nitrogens with one attached hydrogen (secondary N) is 1. The van der Waals surface area contributed by atoms with Crippen LogP contribution in [0.4, 0.5) is 11.4 Å². The van der Waals surface area contributed by atoms with E-state index in [0.29, 0.717) is 10.0 Å². The normalized spacial score (nSPS) is 15.3. The Balaban J connectivity index is 1.50. The van der Waals surface area contributed by atoms with Gasteiger partial charge in [0, 0.05) is 54.9 Å². The van der Waals surface area contributed by atoms with Crippen molar-refractivity contribution in [1.29, 1.82) is 0 Å². The van der Waals surface area contributed by atoms with Gasteiger partial charge in [0.15, 0.2) is 0 Å². The van der Waals surface area contributed by atoms with E-state index in [1.165, 1.54) is 18.2 Å². The van der Waals surface area contributed by atoms with Crippen LogP contribution >= 0.6 is 34.8 Å². The van der Waals surface area contributed by atoms with E-state index in [1.54, 1.807) is 6.07 Å². The SMILES string of the molecule is O=C(CN1CCN(Cc2ccc(Cl)cc2Cl)CC1)Nc1cc([N+](=O)[O-])ccc1Cl. The molecule has 1 fully saturated rings. The first-order chi connectivity index (χ1) is 13.8. The molecule has 0 aromatic heterocycles. The molecule has 1 aliphatic heterocycles. The highest BCUT2D eigenvalue weighted by Crippen LogP contribution is 2.27. The minimum Gasteiger partial charge on any atom is -0.323 e. The molecule has 0 bridgehead atoms. The monoisotopic (exact) mass is 456 g/mol. The maximum Gasteiger partial charge on any atom is 0.271 e.